The van der Waals surface area contributed by atoms with Crippen molar-refractivity contribution in [2.45, 2.75) is 56.7 Å². The van der Waals surface area contributed by atoms with Crippen LogP contribution in [0.5, 0.6) is 0 Å². The molecule has 2 aliphatic rings. The molecular formula is C26H26F3N9O5. The second kappa shape index (κ2) is 10.8. The number of halogens is 3. The second-order valence-electron chi connectivity index (χ2n) is 10.6. The van der Waals surface area contributed by atoms with Gasteiger partial charge in [-0.2, -0.15) is 18.3 Å². The van der Waals surface area contributed by atoms with Gasteiger partial charge in [0.1, 0.15) is 29.6 Å². The lowest BCUT2D eigenvalue weighted by atomic mass is 9.91. The quantitative estimate of drug-likeness (QED) is 0.311. The van der Waals surface area contributed by atoms with Crippen molar-refractivity contribution in [3.8, 4) is 22.8 Å². The summed E-state index contributed by atoms with van der Waals surface area (Å²) < 4.78 is 52.4. The highest BCUT2D eigenvalue weighted by molar-refractivity contribution is 6.00. The van der Waals surface area contributed by atoms with Crippen LogP contribution in [0.2, 0.25) is 0 Å². The number of hydrogen-bond acceptors (Lipinski definition) is 11. The van der Waals surface area contributed by atoms with Crippen LogP contribution in [-0.4, -0.2) is 82.8 Å². The van der Waals surface area contributed by atoms with Crippen molar-refractivity contribution >= 4 is 28.9 Å². The van der Waals surface area contributed by atoms with E-state index < -0.39 is 30.9 Å². The van der Waals surface area contributed by atoms with Crippen molar-refractivity contribution in [2.75, 3.05) is 25.4 Å². The van der Waals surface area contributed by atoms with Gasteiger partial charge in [0.05, 0.1) is 10.9 Å². The minimum absolute atomic E-state index is 0.0321. The number of rotatable bonds is 7. The van der Waals surface area contributed by atoms with Gasteiger partial charge >= 0.3 is 18.2 Å². The van der Waals surface area contributed by atoms with Gasteiger partial charge in [0.2, 0.25) is 0 Å². The Labute approximate surface area is 241 Å². The van der Waals surface area contributed by atoms with E-state index in [2.05, 4.69) is 30.2 Å². The molecule has 1 aliphatic heterocycles. The molecule has 43 heavy (non-hydrogen) atoms. The average Bonchev–Trinajstić information content (AvgIpc) is 3.62. The molecule has 0 aromatic carbocycles. The predicted octanol–water partition coefficient (Wildman–Crippen LogP) is 3.92. The van der Waals surface area contributed by atoms with Crippen molar-refractivity contribution in [1.82, 2.24) is 39.8 Å². The molecule has 14 nitrogen and oxygen atoms in total. The van der Waals surface area contributed by atoms with Crippen LogP contribution in [0.1, 0.15) is 61.8 Å². The summed E-state index contributed by atoms with van der Waals surface area (Å²) in [5.74, 6) is -0.410. The largest absolute Gasteiger partial charge is 0.479 e. The number of aliphatic carboxylic acids is 1. The van der Waals surface area contributed by atoms with Crippen molar-refractivity contribution in [1.29, 1.82) is 0 Å². The van der Waals surface area contributed by atoms with Gasteiger partial charge in [-0.15, -0.1) is 0 Å². The summed E-state index contributed by atoms with van der Waals surface area (Å²) in [6.07, 6.45) is 2.01. The summed E-state index contributed by atoms with van der Waals surface area (Å²) in [6.45, 7) is 1.03. The molecular weight excluding hydrogens is 575 g/mol. The Bertz CT molecular complexity index is 1680. The highest BCUT2D eigenvalue weighted by Crippen LogP contribution is 2.48. The zero-order valence-corrected chi connectivity index (χ0v) is 22.8. The molecule has 1 aliphatic carbocycles. The maximum Gasteiger partial charge on any atom is 0.410 e. The van der Waals surface area contributed by atoms with Crippen LogP contribution >= 0.6 is 0 Å². The van der Waals surface area contributed by atoms with E-state index in [0.29, 0.717) is 37.3 Å². The first kappa shape index (κ1) is 28.3. The summed E-state index contributed by atoms with van der Waals surface area (Å²) >= 11 is 0. The minimum atomic E-state index is -4.60. The topological polar surface area (TPSA) is 188 Å². The van der Waals surface area contributed by atoms with E-state index in [1.807, 2.05) is 0 Å². The fourth-order valence-corrected chi connectivity index (χ4v) is 5.16. The van der Waals surface area contributed by atoms with Gasteiger partial charge in [-0.05, 0) is 44.1 Å². The van der Waals surface area contributed by atoms with Crippen LogP contribution in [0.15, 0.2) is 23.2 Å². The molecule has 6 rings (SSSR count). The first-order valence-electron chi connectivity index (χ1n) is 13.5. The normalized spacial score (nSPS) is 16.9. The van der Waals surface area contributed by atoms with Gasteiger partial charge in [-0.1, -0.05) is 5.16 Å². The fraction of sp³-hybridized carbons (Fsp3) is 0.462. The number of ether oxygens (including phenoxy) is 1. The third kappa shape index (κ3) is 5.41. The Kier molecular flexibility index (Phi) is 7.09. The Morgan fingerprint density at radius 3 is 2.42 bits per heavy atom. The molecule has 17 heteroatoms. The van der Waals surface area contributed by atoms with Gasteiger partial charge in [-0.3, -0.25) is 0 Å². The van der Waals surface area contributed by atoms with Gasteiger partial charge in [0.15, 0.2) is 23.8 Å². The molecule has 0 spiro atoms. The van der Waals surface area contributed by atoms with E-state index >= 15 is 0 Å². The summed E-state index contributed by atoms with van der Waals surface area (Å²) in [4.78, 5) is 41.4. The third-order valence-electron chi connectivity index (χ3n) is 7.69. The van der Waals surface area contributed by atoms with E-state index in [-0.39, 0.29) is 45.9 Å². The number of nitrogen functional groups attached to an aromatic ring is 1. The van der Waals surface area contributed by atoms with E-state index in [9.17, 15) is 22.8 Å². The molecule has 1 atom stereocenters. The number of carbonyl (C=O) groups is 2. The van der Waals surface area contributed by atoms with Crippen LogP contribution < -0.4 is 5.73 Å². The molecule has 1 saturated heterocycles. The maximum absolute atomic E-state index is 13.7. The van der Waals surface area contributed by atoms with Gasteiger partial charge in [0.25, 0.3) is 0 Å². The minimum Gasteiger partial charge on any atom is -0.479 e. The van der Waals surface area contributed by atoms with Gasteiger partial charge in [-0.25, -0.2) is 34.2 Å². The first-order chi connectivity index (χ1) is 20.5. The van der Waals surface area contributed by atoms with Crippen LogP contribution in [0.3, 0.4) is 0 Å². The number of likely N-dealkylation sites (tertiary alicyclic amines) is 1. The highest BCUT2D eigenvalue weighted by Gasteiger charge is 2.41. The molecule has 4 aromatic rings. The number of nitrogens with two attached hydrogens (primary N) is 1. The number of alkyl halides is 3. The molecule has 0 radical (unpaired) electrons. The number of hydrogen-bond donors (Lipinski definition) is 2. The van der Waals surface area contributed by atoms with Crippen LogP contribution in [0.4, 0.5) is 23.8 Å². The number of carboxylic acid groups (broad SMARTS) is 1. The van der Waals surface area contributed by atoms with E-state index in [0.717, 1.165) is 36.3 Å². The van der Waals surface area contributed by atoms with Crippen molar-refractivity contribution in [2.24, 2.45) is 0 Å². The highest BCUT2D eigenvalue weighted by atomic mass is 19.4. The number of carboxylic acids is 1. The standard InChI is InChI=1S/C26H26F3N9O5/c1-12(26(27,28)29)38-24-18(22(30)33-11-34-24)19(35-38)20-17(21(43-36-20)14-2-3-14)23-31-8-15(9-32-23)13-4-6-37(7-5-13)25(41)42-10-16(39)40/h8-9,11-14H,2-7,10H2,1H3,(H,39,40)(H2,30,33,34). The number of carbonyl (C=O) groups excluding carboxylic acids is 1. The lowest BCUT2D eigenvalue weighted by Crippen LogP contribution is -2.39. The monoisotopic (exact) mass is 601 g/mol. The van der Waals surface area contributed by atoms with Crippen molar-refractivity contribution in [3.05, 3.63) is 30.0 Å². The first-order valence-corrected chi connectivity index (χ1v) is 13.5. The third-order valence-corrected chi connectivity index (χ3v) is 7.69. The van der Waals surface area contributed by atoms with E-state index in [4.69, 9.17) is 20.1 Å². The summed E-state index contributed by atoms with van der Waals surface area (Å²) in [6, 6.07) is -2.00. The summed E-state index contributed by atoms with van der Waals surface area (Å²) in [7, 11) is 0. The molecule has 2 fully saturated rings. The van der Waals surface area contributed by atoms with Gasteiger partial charge in [0, 0.05) is 31.4 Å². The Hall–Kier alpha value is -4.83. The smallest absolute Gasteiger partial charge is 0.410 e. The van der Waals surface area contributed by atoms with Crippen LogP contribution in [-0.2, 0) is 9.53 Å². The molecule has 226 valence electrons. The molecule has 0 bridgehead atoms. The van der Waals surface area contributed by atoms with Crippen molar-refractivity contribution in [3.63, 3.8) is 0 Å². The summed E-state index contributed by atoms with van der Waals surface area (Å²) in [5.41, 5.74) is 7.44. The number of aromatic nitrogens is 7. The zero-order chi connectivity index (χ0) is 30.5. The molecule has 4 aromatic heterocycles. The Morgan fingerprint density at radius 2 is 1.79 bits per heavy atom. The Balaban J connectivity index is 1.31. The number of fused-ring (bicyclic) bond motifs is 1. The fourth-order valence-electron chi connectivity index (χ4n) is 5.16. The lowest BCUT2D eigenvalue weighted by Gasteiger charge is -2.31. The molecule has 3 N–H and O–H groups in total. The lowest BCUT2D eigenvalue weighted by molar-refractivity contribution is -0.164. The predicted molar refractivity (Wildman–Crippen MR) is 142 cm³/mol. The summed E-state index contributed by atoms with van der Waals surface area (Å²) in [5, 5.41) is 17.3. The molecule has 1 unspecified atom stereocenters. The van der Waals surface area contributed by atoms with Crippen molar-refractivity contribution < 1.29 is 37.1 Å². The molecule has 5 heterocycles. The van der Waals surface area contributed by atoms with E-state index in [1.165, 1.54) is 4.90 Å². The Morgan fingerprint density at radius 1 is 1.09 bits per heavy atom. The zero-order valence-electron chi connectivity index (χ0n) is 22.8. The average molecular weight is 602 g/mol. The van der Waals surface area contributed by atoms with E-state index in [1.54, 1.807) is 12.4 Å². The van der Waals surface area contributed by atoms with Crippen LogP contribution in [0.25, 0.3) is 33.8 Å². The maximum atomic E-state index is 13.7. The van der Waals surface area contributed by atoms with Gasteiger partial charge < -0.3 is 25.0 Å². The number of amides is 1. The number of piperidine rings is 1. The second-order valence-corrected chi connectivity index (χ2v) is 10.6. The van der Waals surface area contributed by atoms with Crippen LogP contribution in [0, 0.1) is 0 Å². The number of anilines is 1. The molecule has 1 amide bonds. The molecule has 1 saturated carbocycles. The number of nitrogens with zero attached hydrogens (tertiary/aromatic N) is 8. The SMILES string of the molecule is CC(n1nc(-c2noc(C3CC3)c2-c2ncc(C3CCN(C(=O)OCC(=O)O)CC3)cn2)c2c(N)ncnc21)C(F)(F)F.